The number of fused-ring (bicyclic) bond motifs is 1. The van der Waals surface area contributed by atoms with Crippen LogP contribution in [-0.4, -0.2) is 66.7 Å². The van der Waals surface area contributed by atoms with Crippen LogP contribution in [0.1, 0.15) is 49.1 Å². The largest absolute Gasteiger partial charge is 0.394 e. The third-order valence-corrected chi connectivity index (χ3v) is 7.80. The van der Waals surface area contributed by atoms with Crippen LogP contribution in [0.2, 0.25) is 0 Å². The molecule has 2 aliphatic heterocycles. The molecule has 1 aliphatic carbocycles. The molecule has 0 radical (unpaired) electrons. The minimum absolute atomic E-state index is 0.0750. The average Bonchev–Trinajstić information content (AvgIpc) is 3.17. The van der Waals surface area contributed by atoms with Crippen LogP contribution in [0, 0.1) is 17.8 Å². The second-order valence-electron chi connectivity index (χ2n) is 8.48. The van der Waals surface area contributed by atoms with Crippen molar-refractivity contribution < 1.29 is 18.3 Å². The van der Waals surface area contributed by atoms with Crippen LogP contribution >= 0.6 is 0 Å². The Bertz CT molecular complexity index is 926. The lowest BCUT2D eigenvalue weighted by atomic mass is 9.74. The molecule has 6 nitrogen and oxygen atoms in total. The van der Waals surface area contributed by atoms with Gasteiger partial charge in [-0.15, -0.1) is 0 Å². The molecule has 29 heavy (non-hydrogen) atoms. The van der Waals surface area contributed by atoms with E-state index in [2.05, 4.69) is 11.8 Å². The fourth-order valence-electron chi connectivity index (χ4n) is 5.02. The summed E-state index contributed by atoms with van der Waals surface area (Å²) in [6.07, 6.45) is 7.32. The first kappa shape index (κ1) is 20.4. The molecule has 156 valence electrons. The van der Waals surface area contributed by atoms with E-state index in [0.29, 0.717) is 0 Å². The lowest BCUT2D eigenvalue weighted by molar-refractivity contribution is -0.158. The Hall–Kier alpha value is -1.88. The van der Waals surface area contributed by atoms with Crippen molar-refractivity contribution in [1.29, 1.82) is 0 Å². The smallest absolute Gasteiger partial charge is 0.238 e. The highest BCUT2D eigenvalue weighted by atomic mass is 32.2. The third-order valence-electron chi connectivity index (χ3n) is 6.58. The Balaban J connectivity index is 1.48. The molecule has 1 saturated carbocycles. The van der Waals surface area contributed by atoms with Gasteiger partial charge in [0.15, 0.2) is 0 Å². The van der Waals surface area contributed by atoms with Crippen molar-refractivity contribution in [3.05, 3.63) is 35.4 Å². The number of piperazine rings is 1. The SMILES string of the molecule is CS(=O)(=O)N1CC(=O)N2[C@H](C1)[C@@H](c1ccc(C#CCC3CCCC3)cc1)[C@@H]2CO. The van der Waals surface area contributed by atoms with Gasteiger partial charge in [0, 0.05) is 24.4 Å². The Kier molecular flexibility index (Phi) is 5.69. The molecule has 1 aromatic carbocycles. The summed E-state index contributed by atoms with van der Waals surface area (Å²) < 4.78 is 25.1. The van der Waals surface area contributed by atoms with Gasteiger partial charge in [-0.05, 0) is 36.5 Å². The molecule has 3 aliphatic rings. The normalized spacial score (nSPS) is 27.9. The van der Waals surface area contributed by atoms with E-state index in [1.54, 1.807) is 4.90 Å². The molecule has 0 aromatic heterocycles. The van der Waals surface area contributed by atoms with Crippen LogP contribution in [0.4, 0.5) is 0 Å². The van der Waals surface area contributed by atoms with Crippen molar-refractivity contribution in [2.24, 2.45) is 5.92 Å². The molecule has 1 amide bonds. The summed E-state index contributed by atoms with van der Waals surface area (Å²) in [6, 6.07) is 7.42. The summed E-state index contributed by atoms with van der Waals surface area (Å²) in [4.78, 5) is 14.1. The molecule has 1 aromatic rings. The molecule has 2 saturated heterocycles. The van der Waals surface area contributed by atoms with Gasteiger partial charge in [-0.2, -0.15) is 4.31 Å². The van der Waals surface area contributed by atoms with Gasteiger partial charge in [-0.25, -0.2) is 8.42 Å². The van der Waals surface area contributed by atoms with Gasteiger partial charge >= 0.3 is 0 Å². The van der Waals surface area contributed by atoms with Gasteiger partial charge in [0.1, 0.15) is 0 Å². The molecule has 0 bridgehead atoms. The standard InChI is InChI=1S/C22H28N2O4S/c1-29(27,28)23-13-19-22(20(15-25)24(19)21(26)14-23)18-11-9-17(10-12-18)8-4-7-16-5-2-3-6-16/h9-12,16,19-20,22,25H,2-3,5-7,13-15H2,1H3/t19-,20+,22-/m1/s1. The van der Waals surface area contributed by atoms with Gasteiger partial charge < -0.3 is 10.0 Å². The van der Waals surface area contributed by atoms with Crippen LogP contribution in [0.5, 0.6) is 0 Å². The fraction of sp³-hybridized carbons (Fsp3) is 0.591. The number of aliphatic hydroxyl groups excluding tert-OH is 1. The lowest BCUT2D eigenvalue weighted by Crippen LogP contribution is -2.73. The Morgan fingerprint density at radius 3 is 2.48 bits per heavy atom. The summed E-state index contributed by atoms with van der Waals surface area (Å²) in [5, 5.41) is 9.83. The minimum atomic E-state index is -3.43. The first-order valence-corrected chi connectivity index (χ1v) is 12.2. The number of benzene rings is 1. The third kappa shape index (κ3) is 4.07. The number of hydrogen-bond donors (Lipinski definition) is 1. The second kappa shape index (κ2) is 8.10. The molecule has 3 fully saturated rings. The van der Waals surface area contributed by atoms with Crippen molar-refractivity contribution >= 4 is 15.9 Å². The molecular formula is C22H28N2O4S. The number of aliphatic hydroxyl groups is 1. The van der Waals surface area contributed by atoms with Crippen molar-refractivity contribution in [3.63, 3.8) is 0 Å². The quantitative estimate of drug-likeness (QED) is 0.756. The number of nitrogens with zero attached hydrogens (tertiary/aromatic N) is 2. The monoisotopic (exact) mass is 416 g/mol. The summed E-state index contributed by atoms with van der Waals surface area (Å²) in [5.41, 5.74) is 1.97. The first-order valence-electron chi connectivity index (χ1n) is 10.3. The molecule has 4 rings (SSSR count). The zero-order valence-electron chi connectivity index (χ0n) is 16.8. The lowest BCUT2D eigenvalue weighted by Gasteiger charge is -2.58. The first-order chi connectivity index (χ1) is 13.9. The summed E-state index contributed by atoms with van der Waals surface area (Å²) >= 11 is 0. The van der Waals surface area contributed by atoms with Gasteiger partial charge in [0.25, 0.3) is 0 Å². The number of sulfonamides is 1. The van der Waals surface area contributed by atoms with E-state index in [4.69, 9.17) is 0 Å². The van der Waals surface area contributed by atoms with Crippen molar-refractivity contribution in [2.75, 3.05) is 26.0 Å². The molecule has 0 unspecified atom stereocenters. The van der Waals surface area contributed by atoms with E-state index in [1.807, 2.05) is 24.3 Å². The predicted molar refractivity (Wildman–Crippen MR) is 111 cm³/mol. The predicted octanol–water partition coefficient (Wildman–Crippen LogP) is 1.55. The maximum absolute atomic E-state index is 12.4. The highest BCUT2D eigenvalue weighted by molar-refractivity contribution is 7.88. The summed E-state index contributed by atoms with van der Waals surface area (Å²) in [7, 11) is -3.43. The van der Waals surface area contributed by atoms with E-state index in [0.717, 1.165) is 29.7 Å². The van der Waals surface area contributed by atoms with Crippen LogP contribution in [-0.2, 0) is 14.8 Å². The molecule has 2 heterocycles. The number of rotatable bonds is 4. The molecule has 3 atom stereocenters. The van der Waals surface area contributed by atoms with Gasteiger partial charge in [0.05, 0.1) is 31.5 Å². The maximum Gasteiger partial charge on any atom is 0.238 e. The molecular weight excluding hydrogens is 388 g/mol. The van der Waals surface area contributed by atoms with E-state index in [1.165, 1.54) is 30.0 Å². The van der Waals surface area contributed by atoms with Gasteiger partial charge in [-0.3, -0.25) is 4.79 Å². The summed E-state index contributed by atoms with van der Waals surface area (Å²) in [6.45, 7) is -0.00249. The number of hydrogen-bond acceptors (Lipinski definition) is 4. The fourth-order valence-corrected chi connectivity index (χ4v) is 5.79. The zero-order chi connectivity index (χ0) is 20.6. The zero-order valence-corrected chi connectivity index (χ0v) is 17.6. The maximum atomic E-state index is 12.4. The highest BCUT2D eigenvalue weighted by Gasteiger charge is 2.54. The van der Waals surface area contributed by atoms with Crippen LogP contribution < -0.4 is 0 Å². The molecule has 1 N–H and O–H groups in total. The van der Waals surface area contributed by atoms with Crippen LogP contribution in [0.15, 0.2) is 24.3 Å². The highest BCUT2D eigenvalue weighted by Crippen LogP contribution is 2.43. The van der Waals surface area contributed by atoms with E-state index < -0.39 is 10.0 Å². The number of carbonyl (C=O) groups excluding carboxylic acids is 1. The van der Waals surface area contributed by atoms with Crippen molar-refractivity contribution in [2.45, 2.75) is 50.1 Å². The van der Waals surface area contributed by atoms with Crippen molar-refractivity contribution in [3.8, 4) is 11.8 Å². The average molecular weight is 417 g/mol. The Morgan fingerprint density at radius 2 is 1.86 bits per heavy atom. The second-order valence-corrected chi connectivity index (χ2v) is 10.5. The summed E-state index contributed by atoms with van der Waals surface area (Å²) in [5.74, 6) is 6.97. The van der Waals surface area contributed by atoms with Gasteiger partial charge in [0.2, 0.25) is 15.9 Å². The van der Waals surface area contributed by atoms with Crippen molar-refractivity contribution in [1.82, 2.24) is 9.21 Å². The number of carbonyl (C=O) groups is 1. The van der Waals surface area contributed by atoms with Crippen LogP contribution in [0.25, 0.3) is 0 Å². The van der Waals surface area contributed by atoms with E-state index >= 15 is 0 Å². The Labute approximate surface area is 172 Å². The molecule has 0 spiro atoms. The van der Waals surface area contributed by atoms with E-state index in [-0.39, 0.29) is 43.6 Å². The molecule has 7 heteroatoms. The topological polar surface area (TPSA) is 77.9 Å². The van der Waals surface area contributed by atoms with E-state index in [9.17, 15) is 18.3 Å². The van der Waals surface area contributed by atoms with Crippen LogP contribution in [0.3, 0.4) is 0 Å². The number of amides is 1. The van der Waals surface area contributed by atoms with Gasteiger partial charge in [-0.1, -0.05) is 36.8 Å². The Morgan fingerprint density at radius 1 is 1.17 bits per heavy atom. The minimum Gasteiger partial charge on any atom is -0.394 e.